The summed E-state index contributed by atoms with van der Waals surface area (Å²) >= 11 is 0. The third-order valence-electron chi connectivity index (χ3n) is 2.46. The van der Waals surface area contributed by atoms with E-state index in [4.69, 9.17) is 0 Å². The van der Waals surface area contributed by atoms with Crippen molar-refractivity contribution in [2.75, 3.05) is 6.54 Å². The van der Waals surface area contributed by atoms with Crippen LogP contribution < -0.4 is 5.32 Å². The Balaban J connectivity index is 0.00000112. The summed E-state index contributed by atoms with van der Waals surface area (Å²) in [6.45, 7) is 0.950. The van der Waals surface area contributed by atoms with Crippen molar-refractivity contribution >= 4 is 0 Å². The molecule has 1 atom stereocenters. The zero-order valence-corrected chi connectivity index (χ0v) is 7.43. The third kappa shape index (κ3) is 2.50. The Bertz CT molecular complexity index is 312. The van der Waals surface area contributed by atoms with Crippen molar-refractivity contribution in [1.29, 1.82) is 0 Å². The van der Waals surface area contributed by atoms with Gasteiger partial charge in [0.15, 0.2) is 0 Å². The maximum absolute atomic E-state index is 12.2. The minimum absolute atomic E-state index is 0. The SMILES string of the molecule is C.FC(F)(F)c1ccc(C2CCN2)cc1. The molecule has 15 heavy (non-hydrogen) atoms. The highest BCUT2D eigenvalue weighted by Crippen LogP contribution is 2.31. The van der Waals surface area contributed by atoms with Crippen LogP contribution in [0.3, 0.4) is 0 Å². The second-order valence-corrected chi connectivity index (χ2v) is 3.42. The molecule has 1 heterocycles. The van der Waals surface area contributed by atoms with Crippen molar-refractivity contribution in [2.24, 2.45) is 0 Å². The van der Waals surface area contributed by atoms with E-state index >= 15 is 0 Å². The van der Waals surface area contributed by atoms with Gasteiger partial charge in [-0.1, -0.05) is 19.6 Å². The number of nitrogens with one attached hydrogen (secondary N) is 1. The number of rotatable bonds is 1. The Morgan fingerprint density at radius 2 is 1.67 bits per heavy atom. The third-order valence-corrected chi connectivity index (χ3v) is 2.46. The van der Waals surface area contributed by atoms with Crippen LogP contribution in [0.1, 0.15) is 31.0 Å². The van der Waals surface area contributed by atoms with Crippen LogP contribution in [0.5, 0.6) is 0 Å². The molecular weight excluding hydrogens is 203 g/mol. The normalized spacial score (nSPS) is 20.3. The second kappa shape index (κ2) is 4.23. The standard InChI is InChI=1S/C10H10F3N.CH4/c11-10(12,13)8-3-1-7(2-4-8)9-5-6-14-9;/h1-4,9,14H,5-6H2;1H4. The molecule has 1 N–H and O–H groups in total. The summed E-state index contributed by atoms with van der Waals surface area (Å²) in [5.74, 6) is 0. The van der Waals surface area contributed by atoms with Crippen LogP contribution in [-0.2, 0) is 6.18 Å². The Morgan fingerprint density at radius 1 is 1.13 bits per heavy atom. The van der Waals surface area contributed by atoms with E-state index in [9.17, 15) is 13.2 Å². The topological polar surface area (TPSA) is 12.0 Å². The van der Waals surface area contributed by atoms with Crippen molar-refractivity contribution in [3.8, 4) is 0 Å². The van der Waals surface area contributed by atoms with Crippen LogP contribution in [-0.4, -0.2) is 6.54 Å². The lowest BCUT2D eigenvalue weighted by Gasteiger charge is -2.28. The first-order valence-electron chi connectivity index (χ1n) is 4.48. The van der Waals surface area contributed by atoms with Gasteiger partial charge in [-0.15, -0.1) is 0 Å². The van der Waals surface area contributed by atoms with Gasteiger partial charge in [0.1, 0.15) is 0 Å². The molecule has 0 radical (unpaired) electrons. The van der Waals surface area contributed by atoms with E-state index in [1.54, 1.807) is 12.1 Å². The summed E-state index contributed by atoms with van der Waals surface area (Å²) in [4.78, 5) is 0. The molecule has 0 bridgehead atoms. The number of hydrogen-bond donors (Lipinski definition) is 1. The molecule has 1 fully saturated rings. The first-order valence-corrected chi connectivity index (χ1v) is 4.48. The van der Waals surface area contributed by atoms with E-state index in [2.05, 4.69) is 5.32 Å². The molecule has 1 aliphatic rings. The van der Waals surface area contributed by atoms with E-state index in [-0.39, 0.29) is 13.5 Å². The van der Waals surface area contributed by atoms with Crippen molar-refractivity contribution in [3.63, 3.8) is 0 Å². The van der Waals surface area contributed by atoms with Gasteiger partial charge in [-0.25, -0.2) is 0 Å². The summed E-state index contributed by atoms with van der Waals surface area (Å²) in [6, 6.07) is 5.60. The zero-order chi connectivity index (χ0) is 10.2. The van der Waals surface area contributed by atoms with E-state index in [1.807, 2.05) is 0 Å². The molecule has 1 nitrogen and oxygen atoms in total. The second-order valence-electron chi connectivity index (χ2n) is 3.42. The Labute approximate surface area is 87.3 Å². The molecule has 0 aromatic heterocycles. The van der Waals surface area contributed by atoms with Gasteiger partial charge in [0.25, 0.3) is 0 Å². The maximum atomic E-state index is 12.2. The highest BCUT2D eigenvalue weighted by atomic mass is 19.4. The molecule has 1 unspecified atom stereocenters. The lowest BCUT2D eigenvalue weighted by atomic mass is 9.97. The number of benzene rings is 1. The van der Waals surface area contributed by atoms with Crippen LogP contribution in [0.25, 0.3) is 0 Å². The fraction of sp³-hybridized carbons (Fsp3) is 0.455. The molecule has 0 aliphatic carbocycles. The number of halogens is 3. The minimum Gasteiger partial charge on any atom is -0.310 e. The average molecular weight is 217 g/mol. The van der Waals surface area contributed by atoms with Crippen molar-refractivity contribution < 1.29 is 13.2 Å². The molecule has 84 valence electrons. The van der Waals surface area contributed by atoms with E-state index in [1.165, 1.54) is 0 Å². The molecule has 0 spiro atoms. The first kappa shape index (κ1) is 12.0. The molecule has 0 saturated carbocycles. The van der Waals surface area contributed by atoms with Crippen LogP contribution >= 0.6 is 0 Å². The van der Waals surface area contributed by atoms with Gasteiger partial charge in [-0.3, -0.25) is 0 Å². The van der Waals surface area contributed by atoms with Crippen molar-refractivity contribution in [2.45, 2.75) is 26.1 Å². The molecule has 2 rings (SSSR count). The smallest absolute Gasteiger partial charge is 0.310 e. The molecule has 1 aromatic rings. The van der Waals surface area contributed by atoms with Gasteiger partial charge in [0.05, 0.1) is 5.56 Å². The number of alkyl halides is 3. The van der Waals surface area contributed by atoms with Crippen LogP contribution in [0.4, 0.5) is 13.2 Å². The zero-order valence-electron chi connectivity index (χ0n) is 7.43. The fourth-order valence-electron chi connectivity index (χ4n) is 1.48. The van der Waals surface area contributed by atoms with Crippen molar-refractivity contribution in [3.05, 3.63) is 35.4 Å². The lowest BCUT2D eigenvalue weighted by Crippen LogP contribution is -2.34. The largest absolute Gasteiger partial charge is 0.416 e. The van der Waals surface area contributed by atoms with Gasteiger partial charge in [-0.2, -0.15) is 13.2 Å². The molecular formula is C11H14F3N. The van der Waals surface area contributed by atoms with Gasteiger partial charge >= 0.3 is 6.18 Å². The molecule has 1 saturated heterocycles. The summed E-state index contributed by atoms with van der Waals surface area (Å²) in [6.07, 6.45) is -3.23. The highest BCUT2D eigenvalue weighted by molar-refractivity contribution is 5.27. The van der Waals surface area contributed by atoms with Gasteiger partial charge < -0.3 is 5.32 Å². The first-order chi connectivity index (χ1) is 6.57. The van der Waals surface area contributed by atoms with Gasteiger partial charge in [0.2, 0.25) is 0 Å². The quantitative estimate of drug-likeness (QED) is 0.760. The van der Waals surface area contributed by atoms with Crippen LogP contribution in [0, 0.1) is 0 Å². The summed E-state index contributed by atoms with van der Waals surface area (Å²) in [5, 5.41) is 3.14. The average Bonchev–Trinajstić information content (AvgIpc) is 2.00. The monoisotopic (exact) mass is 217 g/mol. The van der Waals surface area contributed by atoms with E-state index in [0.717, 1.165) is 30.7 Å². The van der Waals surface area contributed by atoms with Crippen LogP contribution in [0.15, 0.2) is 24.3 Å². The fourth-order valence-corrected chi connectivity index (χ4v) is 1.48. The summed E-state index contributed by atoms with van der Waals surface area (Å²) in [5.41, 5.74) is 0.352. The van der Waals surface area contributed by atoms with E-state index in [0.29, 0.717) is 0 Å². The van der Waals surface area contributed by atoms with E-state index < -0.39 is 11.7 Å². The molecule has 4 heteroatoms. The molecule has 1 aliphatic heterocycles. The minimum atomic E-state index is -4.23. The molecule has 0 amide bonds. The molecule has 1 aromatic carbocycles. The lowest BCUT2D eigenvalue weighted by molar-refractivity contribution is -0.137. The van der Waals surface area contributed by atoms with Crippen molar-refractivity contribution in [1.82, 2.24) is 5.32 Å². The highest BCUT2D eigenvalue weighted by Gasteiger charge is 2.30. The summed E-state index contributed by atoms with van der Waals surface area (Å²) < 4.78 is 36.6. The number of hydrogen-bond acceptors (Lipinski definition) is 1. The Hall–Kier alpha value is -1.03. The van der Waals surface area contributed by atoms with Crippen LogP contribution in [0.2, 0.25) is 0 Å². The predicted octanol–water partition coefficient (Wildman–Crippen LogP) is 3.38. The Morgan fingerprint density at radius 3 is 2.00 bits per heavy atom. The Kier molecular flexibility index (Phi) is 3.39. The van der Waals surface area contributed by atoms with Gasteiger partial charge in [-0.05, 0) is 30.7 Å². The maximum Gasteiger partial charge on any atom is 0.416 e. The summed E-state index contributed by atoms with van der Waals surface area (Å²) in [7, 11) is 0. The predicted molar refractivity (Wildman–Crippen MR) is 53.5 cm³/mol. The van der Waals surface area contributed by atoms with Gasteiger partial charge in [0, 0.05) is 6.04 Å².